The number of amides is 2. The van der Waals surface area contributed by atoms with Gasteiger partial charge in [-0.15, -0.1) is 0 Å². The molecule has 0 aliphatic rings. The molecule has 0 aliphatic heterocycles. The van der Waals surface area contributed by atoms with Gasteiger partial charge in [0.05, 0.1) is 19.1 Å². The molecular formula is C24H31Cl2N3O5S. The van der Waals surface area contributed by atoms with Gasteiger partial charge in [0.15, 0.2) is 0 Å². The molecule has 0 spiro atoms. The Labute approximate surface area is 217 Å². The number of sulfonamides is 1. The van der Waals surface area contributed by atoms with Gasteiger partial charge < -0.3 is 15.0 Å². The highest BCUT2D eigenvalue weighted by Gasteiger charge is 2.30. The standard InChI is InChI=1S/C24H31Cl2N3O5S/c1-6-16(2)27-24(31)17(3)28(14-18-7-9-22(34-4)10-8-18)23(30)15-29(35(5,32)33)21-12-19(25)11-20(26)13-21/h7-13,16-17H,6,14-15H2,1-5H3,(H,27,31)/t16-,17+/m1/s1. The predicted molar refractivity (Wildman–Crippen MR) is 140 cm³/mol. The lowest BCUT2D eigenvalue weighted by molar-refractivity contribution is -0.139. The second-order valence-corrected chi connectivity index (χ2v) is 11.0. The van der Waals surface area contributed by atoms with E-state index in [1.807, 2.05) is 13.8 Å². The molecule has 192 valence electrons. The molecule has 2 rings (SSSR count). The molecule has 0 saturated carbocycles. The number of halogens is 2. The number of hydrogen-bond donors (Lipinski definition) is 1. The number of methoxy groups -OCH3 is 1. The molecule has 2 amide bonds. The van der Waals surface area contributed by atoms with Crippen LogP contribution in [0.15, 0.2) is 42.5 Å². The van der Waals surface area contributed by atoms with Crippen LogP contribution in [0.25, 0.3) is 0 Å². The Bertz CT molecular complexity index is 1120. The summed E-state index contributed by atoms with van der Waals surface area (Å²) in [5.41, 5.74) is 0.901. The van der Waals surface area contributed by atoms with Crippen molar-refractivity contribution >= 4 is 50.7 Å². The van der Waals surface area contributed by atoms with Crippen LogP contribution in [0, 0.1) is 0 Å². The molecule has 2 aromatic carbocycles. The van der Waals surface area contributed by atoms with Crippen molar-refractivity contribution in [3.63, 3.8) is 0 Å². The fraction of sp³-hybridized carbons (Fsp3) is 0.417. The summed E-state index contributed by atoms with van der Waals surface area (Å²) in [7, 11) is -2.33. The van der Waals surface area contributed by atoms with Gasteiger partial charge in [0.2, 0.25) is 21.8 Å². The van der Waals surface area contributed by atoms with E-state index < -0.39 is 28.5 Å². The maximum atomic E-state index is 13.5. The number of carbonyl (C=O) groups excluding carboxylic acids is 2. The second kappa shape index (κ2) is 12.5. The van der Waals surface area contributed by atoms with E-state index in [4.69, 9.17) is 27.9 Å². The van der Waals surface area contributed by atoms with Crippen molar-refractivity contribution in [2.75, 3.05) is 24.2 Å². The Morgan fingerprint density at radius 2 is 1.63 bits per heavy atom. The van der Waals surface area contributed by atoms with Crippen LogP contribution < -0.4 is 14.4 Å². The largest absolute Gasteiger partial charge is 0.497 e. The van der Waals surface area contributed by atoms with Gasteiger partial charge in [-0.25, -0.2) is 8.42 Å². The molecule has 0 aliphatic carbocycles. The fourth-order valence-corrected chi connectivity index (χ4v) is 4.62. The minimum Gasteiger partial charge on any atom is -0.497 e. The first-order valence-corrected chi connectivity index (χ1v) is 13.6. The van der Waals surface area contributed by atoms with E-state index >= 15 is 0 Å². The summed E-state index contributed by atoms with van der Waals surface area (Å²) in [5, 5.41) is 3.33. The molecule has 0 unspecified atom stereocenters. The van der Waals surface area contributed by atoms with Crippen LogP contribution in [-0.4, -0.2) is 57.1 Å². The zero-order valence-electron chi connectivity index (χ0n) is 20.4. The molecule has 0 saturated heterocycles. The quantitative estimate of drug-likeness (QED) is 0.460. The predicted octanol–water partition coefficient (Wildman–Crippen LogP) is 4.10. The third-order valence-electron chi connectivity index (χ3n) is 5.49. The Balaban J connectivity index is 2.41. The molecule has 8 nitrogen and oxygen atoms in total. The lowest BCUT2D eigenvalue weighted by Gasteiger charge is -2.32. The van der Waals surface area contributed by atoms with Crippen molar-refractivity contribution in [2.45, 2.75) is 45.8 Å². The number of benzene rings is 2. The van der Waals surface area contributed by atoms with E-state index in [0.29, 0.717) is 5.75 Å². The SMILES string of the molecule is CC[C@@H](C)NC(=O)[C@H](C)N(Cc1ccc(OC)cc1)C(=O)CN(c1cc(Cl)cc(Cl)c1)S(C)(=O)=O. The molecular weight excluding hydrogens is 513 g/mol. The van der Waals surface area contributed by atoms with Crippen molar-refractivity contribution in [3.8, 4) is 5.75 Å². The molecule has 2 aromatic rings. The highest BCUT2D eigenvalue weighted by Crippen LogP contribution is 2.27. The second-order valence-electron chi connectivity index (χ2n) is 8.26. The number of nitrogens with one attached hydrogen (secondary N) is 1. The summed E-state index contributed by atoms with van der Waals surface area (Å²) in [5.74, 6) is -0.248. The molecule has 0 aromatic heterocycles. The molecule has 0 radical (unpaired) electrons. The number of ether oxygens (including phenoxy) is 1. The molecule has 2 atom stereocenters. The van der Waals surface area contributed by atoms with Crippen LogP contribution in [0.2, 0.25) is 10.0 Å². The molecule has 35 heavy (non-hydrogen) atoms. The molecule has 11 heteroatoms. The van der Waals surface area contributed by atoms with Crippen LogP contribution in [0.3, 0.4) is 0 Å². The van der Waals surface area contributed by atoms with E-state index in [0.717, 1.165) is 22.5 Å². The van der Waals surface area contributed by atoms with Crippen LogP contribution in [0.1, 0.15) is 32.8 Å². The number of anilines is 1. The van der Waals surface area contributed by atoms with Crippen LogP contribution in [-0.2, 0) is 26.2 Å². The van der Waals surface area contributed by atoms with Gasteiger partial charge in [0.1, 0.15) is 18.3 Å². The monoisotopic (exact) mass is 543 g/mol. The number of rotatable bonds is 11. The van der Waals surface area contributed by atoms with E-state index in [1.165, 1.54) is 23.1 Å². The van der Waals surface area contributed by atoms with Crippen molar-refractivity contribution < 1.29 is 22.7 Å². The van der Waals surface area contributed by atoms with Crippen molar-refractivity contribution in [3.05, 3.63) is 58.1 Å². The van der Waals surface area contributed by atoms with Crippen molar-refractivity contribution in [1.82, 2.24) is 10.2 Å². The third-order valence-corrected chi connectivity index (χ3v) is 7.07. The number of carbonyl (C=O) groups is 2. The van der Waals surface area contributed by atoms with Gasteiger partial charge in [-0.3, -0.25) is 13.9 Å². The molecule has 0 bridgehead atoms. The van der Waals surface area contributed by atoms with Crippen molar-refractivity contribution in [1.29, 1.82) is 0 Å². The van der Waals surface area contributed by atoms with Gasteiger partial charge in [-0.05, 0) is 56.2 Å². The lowest BCUT2D eigenvalue weighted by Crippen LogP contribution is -2.52. The molecule has 1 N–H and O–H groups in total. The van der Waals surface area contributed by atoms with Gasteiger partial charge in [0, 0.05) is 22.6 Å². The lowest BCUT2D eigenvalue weighted by atomic mass is 10.1. The van der Waals surface area contributed by atoms with Crippen LogP contribution in [0.4, 0.5) is 5.69 Å². The maximum absolute atomic E-state index is 13.5. The van der Waals surface area contributed by atoms with Gasteiger partial charge >= 0.3 is 0 Å². The van der Waals surface area contributed by atoms with E-state index in [-0.39, 0.29) is 34.2 Å². The van der Waals surface area contributed by atoms with E-state index in [1.54, 1.807) is 38.3 Å². The van der Waals surface area contributed by atoms with Crippen LogP contribution >= 0.6 is 23.2 Å². The topological polar surface area (TPSA) is 96.0 Å². The smallest absolute Gasteiger partial charge is 0.244 e. The average molecular weight is 545 g/mol. The molecule has 0 fully saturated rings. The normalized spacial score (nSPS) is 13.0. The maximum Gasteiger partial charge on any atom is 0.244 e. The summed E-state index contributed by atoms with van der Waals surface area (Å²) in [6, 6.07) is 10.4. The minimum absolute atomic E-state index is 0.0796. The first kappa shape index (κ1) is 28.7. The summed E-state index contributed by atoms with van der Waals surface area (Å²) < 4.78 is 31.3. The molecule has 0 heterocycles. The summed E-state index contributed by atoms with van der Waals surface area (Å²) in [6.45, 7) is 4.98. The zero-order valence-corrected chi connectivity index (χ0v) is 22.7. The first-order chi connectivity index (χ1) is 16.3. The Hall–Kier alpha value is -2.49. The van der Waals surface area contributed by atoms with E-state index in [2.05, 4.69) is 5.32 Å². The Morgan fingerprint density at radius 1 is 1.06 bits per heavy atom. The van der Waals surface area contributed by atoms with Gasteiger partial charge in [0.25, 0.3) is 0 Å². The first-order valence-electron chi connectivity index (χ1n) is 11.0. The summed E-state index contributed by atoms with van der Waals surface area (Å²) in [4.78, 5) is 27.8. The highest BCUT2D eigenvalue weighted by molar-refractivity contribution is 7.92. The van der Waals surface area contributed by atoms with Gasteiger partial charge in [-0.2, -0.15) is 0 Å². The minimum atomic E-state index is -3.88. The average Bonchev–Trinajstić information content (AvgIpc) is 2.79. The zero-order chi connectivity index (χ0) is 26.3. The van der Waals surface area contributed by atoms with E-state index in [9.17, 15) is 18.0 Å². The fourth-order valence-electron chi connectivity index (χ4n) is 3.27. The summed E-state index contributed by atoms with van der Waals surface area (Å²) >= 11 is 12.1. The highest BCUT2D eigenvalue weighted by atomic mass is 35.5. The Morgan fingerprint density at radius 3 is 2.11 bits per heavy atom. The number of hydrogen-bond acceptors (Lipinski definition) is 5. The van der Waals surface area contributed by atoms with Crippen LogP contribution in [0.5, 0.6) is 5.75 Å². The van der Waals surface area contributed by atoms with Crippen molar-refractivity contribution in [2.24, 2.45) is 0 Å². The Kier molecular flexibility index (Phi) is 10.2. The third kappa shape index (κ3) is 8.30. The number of nitrogens with zero attached hydrogens (tertiary/aromatic N) is 2. The van der Waals surface area contributed by atoms with Gasteiger partial charge in [-0.1, -0.05) is 42.3 Å². The summed E-state index contributed by atoms with van der Waals surface area (Å²) in [6.07, 6.45) is 1.71.